The monoisotopic (exact) mass is 358 g/mol. The number of hydrogen-bond acceptors (Lipinski definition) is 3. The molecule has 0 radical (unpaired) electrons. The van der Waals surface area contributed by atoms with Gasteiger partial charge in [-0.05, 0) is 46.3 Å². The second kappa shape index (κ2) is 5.68. The van der Waals surface area contributed by atoms with Crippen LogP contribution in [0.3, 0.4) is 0 Å². The number of hydrogen-bond donors (Lipinski definition) is 3. The van der Waals surface area contributed by atoms with Crippen molar-refractivity contribution in [2.75, 3.05) is 11.1 Å². The first-order valence-electron chi connectivity index (χ1n) is 5.43. The Balaban J connectivity index is 2.48. The van der Waals surface area contributed by atoms with Gasteiger partial charge in [0.05, 0.1) is 17.1 Å². The molecular formula is C13H9BrClFN2O2. The van der Waals surface area contributed by atoms with Crippen molar-refractivity contribution in [3.05, 3.63) is 51.2 Å². The van der Waals surface area contributed by atoms with Gasteiger partial charge >= 0.3 is 5.97 Å². The summed E-state index contributed by atoms with van der Waals surface area (Å²) >= 11 is 9.13. The van der Waals surface area contributed by atoms with Crippen LogP contribution in [0, 0.1) is 5.82 Å². The first kappa shape index (κ1) is 14.6. The second-order valence-corrected chi connectivity index (χ2v) is 5.23. The molecule has 2 aromatic carbocycles. The maximum absolute atomic E-state index is 13.3. The van der Waals surface area contributed by atoms with E-state index < -0.39 is 17.5 Å². The molecule has 4 N–H and O–H groups in total. The lowest BCUT2D eigenvalue weighted by Crippen LogP contribution is -2.08. The molecule has 0 unspecified atom stereocenters. The summed E-state index contributed by atoms with van der Waals surface area (Å²) < 4.78 is 14.0. The Morgan fingerprint density at radius 2 is 1.95 bits per heavy atom. The van der Waals surface area contributed by atoms with Gasteiger partial charge in [0.1, 0.15) is 11.4 Å². The zero-order valence-corrected chi connectivity index (χ0v) is 12.3. The lowest BCUT2D eigenvalue weighted by Gasteiger charge is -2.13. The molecule has 20 heavy (non-hydrogen) atoms. The third-order valence-electron chi connectivity index (χ3n) is 2.61. The van der Waals surface area contributed by atoms with E-state index in [2.05, 4.69) is 21.2 Å². The fraction of sp³-hybridized carbons (Fsp3) is 0. The van der Waals surface area contributed by atoms with Gasteiger partial charge in [-0.3, -0.25) is 0 Å². The predicted octanol–water partition coefficient (Wildman–Crippen LogP) is 4.27. The summed E-state index contributed by atoms with van der Waals surface area (Å²) in [5.41, 5.74) is 5.53. The highest BCUT2D eigenvalue weighted by molar-refractivity contribution is 9.10. The average Bonchev–Trinajstić information content (AvgIpc) is 2.36. The molecule has 0 aliphatic carbocycles. The number of nitrogens with two attached hydrogens (primary N) is 1. The molecule has 0 saturated carbocycles. The summed E-state index contributed by atoms with van der Waals surface area (Å²) in [6, 6.07) is 7.38. The lowest BCUT2D eigenvalue weighted by atomic mass is 10.1. The number of carbonyl (C=O) groups is 1. The standard InChI is InChI=1S/C13H9BrClFN2O2/c14-7-5-6(15)1-3-9(7)18-10-4-2-8(16)12(17)11(10)13(19)20/h1-5,18H,17H2,(H,19,20). The van der Waals surface area contributed by atoms with Crippen LogP contribution < -0.4 is 11.1 Å². The topological polar surface area (TPSA) is 75.3 Å². The third kappa shape index (κ3) is 2.86. The van der Waals surface area contributed by atoms with Gasteiger partial charge in [-0.1, -0.05) is 11.6 Å². The molecule has 2 aromatic rings. The molecule has 104 valence electrons. The number of aromatic carboxylic acids is 1. The second-order valence-electron chi connectivity index (χ2n) is 3.94. The number of halogens is 3. The van der Waals surface area contributed by atoms with Crippen molar-refractivity contribution in [3.8, 4) is 0 Å². The molecule has 2 rings (SSSR count). The molecule has 0 saturated heterocycles. The Kier molecular flexibility index (Phi) is 4.15. The van der Waals surface area contributed by atoms with E-state index in [9.17, 15) is 9.18 Å². The summed E-state index contributed by atoms with van der Waals surface area (Å²) in [5.74, 6) is -2.09. The van der Waals surface area contributed by atoms with Gasteiger partial charge in [-0.15, -0.1) is 0 Å². The maximum Gasteiger partial charge on any atom is 0.340 e. The first-order valence-corrected chi connectivity index (χ1v) is 6.60. The highest BCUT2D eigenvalue weighted by Crippen LogP contribution is 2.32. The molecule has 0 aliphatic rings. The number of carboxylic acid groups (broad SMARTS) is 1. The summed E-state index contributed by atoms with van der Waals surface area (Å²) in [5, 5.41) is 12.6. The summed E-state index contributed by atoms with van der Waals surface area (Å²) in [6.45, 7) is 0. The van der Waals surface area contributed by atoms with Gasteiger partial charge in [0, 0.05) is 9.50 Å². The van der Waals surface area contributed by atoms with Crippen molar-refractivity contribution in [3.63, 3.8) is 0 Å². The Labute approximate surface area is 127 Å². The van der Waals surface area contributed by atoms with Crippen molar-refractivity contribution in [2.24, 2.45) is 0 Å². The minimum atomic E-state index is -1.31. The molecule has 0 heterocycles. The molecule has 0 spiro atoms. The largest absolute Gasteiger partial charge is 0.478 e. The smallest absolute Gasteiger partial charge is 0.340 e. The summed E-state index contributed by atoms with van der Waals surface area (Å²) in [7, 11) is 0. The number of benzene rings is 2. The number of carboxylic acids is 1. The van der Waals surface area contributed by atoms with Crippen LogP contribution in [0.1, 0.15) is 10.4 Å². The van der Waals surface area contributed by atoms with Crippen LogP contribution in [0.5, 0.6) is 0 Å². The molecule has 0 amide bonds. The fourth-order valence-electron chi connectivity index (χ4n) is 1.66. The normalized spacial score (nSPS) is 10.3. The minimum Gasteiger partial charge on any atom is -0.478 e. The van der Waals surface area contributed by atoms with Crippen LogP contribution in [-0.4, -0.2) is 11.1 Å². The third-order valence-corrected chi connectivity index (χ3v) is 3.50. The van der Waals surface area contributed by atoms with Gasteiger partial charge in [-0.2, -0.15) is 0 Å². The van der Waals surface area contributed by atoms with E-state index in [1.54, 1.807) is 18.2 Å². The molecule has 0 bridgehead atoms. The number of anilines is 3. The van der Waals surface area contributed by atoms with Crippen molar-refractivity contribution in [2.45, 2.75) is 0 Å². The molecule has 0 aliphatic heterocycles. The highest BCUT2D eigenvalue weighted by atomic mass is 79.9. The zero-order chi connectivity index (χ0) is 14.9. The van der Waals surface area contributed by atoms with Crippen molar-refractivity contribution in [1.29, 1.82) is 0 Å². The van der Waals surface area contributed by atoms with Crippen LogP contribution in [0.25, 0.3) is 0 Å². The van der Waals surface area contributed by atoms with Crippen LogP contribution in [0.2, 0.25) is 5.02 Å². The van der Waals surface area contributed by atoms with Gasteiger partial charge in [-0.25, -0.2) is 9.18 Å². The Hall–Kier alpha value is -1.79. The van der Waals surface area contributed by atoms with Gasteiger partial charge in [0.25, 0.3) is 0 Å². The molecule has 0 atom stereocenters. The lowest BCUT2D eigenvalue weighted by molar-refractivity contribution is 0.0698. The number of nitrogen functional groups attached to an aromatic ring is 1. The van der Waals surface area contributed by atoms with Crippen molar-refractivity contribution in [1.82, 2.24) is 0 Å². The Morgan fingerprint density at radius 3 is 2.55 bits per heavy atom. The molecule has 4 nitrogen and oxygen atoms in total. The molecule has 0 aromatic heterocycles. The van der Waals surface area contributed by atoms with Crippen molar-refractivity contribution < 1.29 is 14.3 Å². The Morgan fingerprint density at radius 1 is 1.30 bits per heavy atom. The van der Waals surface area contributed by atoms with E-state index in [1.807, 2.05) is 0 Å². The summed E-state index contributed by atoms with van der Waals surface area (Å²) in [4.78, 5) is 11.2. The number of nitrogens with one attached hydrogen (secondary N) is 1. The van der Waals surface area contributed by atoms with Gasteiger partial charge in [0.15, 0.2) is 0 Å². The van der Waals surface area contributed by atoms with Crippen LogP contribution in [0.15, 0.2) is 34.8 Å². The van der Waals surface area contributed by atoms with Crippen molar-refractivity contribution >= 4 is 50.6 Å². The van der Waals surface area contributed by atoms with E-state index in [0.717, 1.165) is 6.07 Å². The average molecular weight is 360 g/mol. The maximum atomic E-state index is 13.3. The fourth-order valence-corrected chi connectivity index (χ4v) is 2.45. The van der Waals surface area contributed by atoms with Gasteiger partial charge in [0.2, 0.25) is 0 Å². The van der Waals surface area contributed by atoms with Crippen LogP contribution in [0.4, 0.5) is 21.5 Å². The summed E-state index contributed by atoms with van der Waals surface area (Å²) in [6.07, 6.45) is 0. The predicted molar refractivity (Wildman–Crippen MR) is 80.2 cm³/mol. The minimum absolute atomic E-state index is 0.194. The van der Waals surface area contributed by atoms with E-state index >= 15 is 0 Å². The molecular weight excluding hydrogens is 351 g/mol. The Bertz CT molecular complexity index is 694. The highest BCUT2D eigenvalue weighted by Gasteiger charge is 2.18. The van der Waals surface area contributed by atoms with E-state index in [0.29, 0.717) is 15.2 Å². The SMILES string of the molecule is Nc1c(F)ccc(Nc2ccc(Cl)cc2Br)c1C(=O)O. The zero-order valence-electron chi connectivity index (χ0n) is 9.95. The van der Waals surface area contributed by atoms with Gasteiger partial charge < -0.3 is 16.2 Å². The van der Waals surface area contributed by atoms with E-state index in [1.165, 1.54) is 6.07 Å². The van der Waals surface area contributed by atoms with Crippen LogP contribution in [-0.2, 0) is 0 Å². The molecule has 0 fully saturated rings. The van der Waals surface area contributed by atoms with E-state index in [-0.39, 0.29) is 11.3 Å². The first-order chi connectivity index (χ1) is 9.40. The number of rotatable bonds is 3. The van der Waals surface area contributed by atoms with E-state index in [4.69, 9.17) is 22.4 Å². The quantitative estimate of drug-likeness (QED) is 0.716. The molecule has 7 heteroatoms. The van der Waals surface area contributed by atoms with Crippen LogP contribution >= 0.6 is 27.5 Å².